The Bertz CT molecular complexity index is 879. The summed E-state index contributed by atoms with van der Waals surface area (Å²) in [5.41, 5.74) is 1.55. The van der Waals surface area contributed by atoms with Crippen molar-refractivity contribution in [3.05, 3.63) is 36.7 Å². The molecule has 1 amide bonds. The molecule has 9 heteroatoms. The van der Waals surface area contributed by atoms with Gasteiger partial charge in [-0.25, -0.2) is 0 Å². The average Bonchev–Trinajstić information content (AvgIpc) is 3.10. The van der Waals surface area contributed by atoms with Gasteiger partial charge in [0.1, 0.15) is 5.03 Å². The fourth-order valence-corrected chi connectivity index (χ4v) is 3.33. The van der Waals surface area contributed by atoms with Crippen molar-refractivity contribution in [1.82, 2.24) is 29.7 Å². The van der Waals surface area contributed by atoms with E-state index in [2.05, 4.69) is 20.3 Å². The SMILES string of the molecule is O=C(CSc1ccc2nnc(-c3ccncc3)n2n1)N1CCOCC1. The number of amides is 1. The number of pyridine rings is 1. The highest BCUT2D eigenvalue weighted by Gasteiger charge is 2.17. The minimum atomic E-state index is 0.105. The summed E-state index contributed by atoms with van der Waals surface area (Å²) in [4.78, 5) is 18.1. The zero-order chi connectivity index (χ0) is 17.1. The normalized spacial score (nSPS) is 14.8. The molecule has 1 aliphatic rings. The molecule has 3 aromatic rings. The van der Waals surface area contributed by atoms with Gasteiger partial charge in [0.15, 0.2) is 11.5 Å². The maximum absolute atomic E-state index is 12.3. The molecule has 1 fully saturated rings. The topological polar surface area (TPSA) is 85.5 Å². The van der Waals surface area contributed by atoms with Gasteiger partial charge in [-0.15, -0.1) is 10.2 Å². The highest BCUT2D eigenvalue weighted by Crippen LogP contribution is 2.20. The maximum Gasteiger partial charge on any atom is 0.233 e. The number of hydrogen-bond acceptors (Lipinski definition) is 7. The predicted octanol–water partition coefficient (Wildman–Crippen LogP) is 1.14. The Hall–Kier alpha value is -2.52. The lowest BCUT2D eigenvalue weighted by atomic mass is 10.2. The first-order valence-corrected chi connectivity index (χ1v) is 8.91. The van der Waals surface area contributed by atoms with Crippen LogP contribution < -0.4 is 0 Å². The molecule has 3 aromatic heterocycles. The van der Waals surface area contributed by atoms with Gasteiger partial charge in [-0.1, -0.05) is 11.8 Å². The summed E-state index contributed by atoms with van der Waals surface area (Å²) >= 11 is 1.41. The Balaban J connectivity index is 1.52. The molecular weight excluding hydrogens is 340 g/mol. The highest BCUT2D eigenvalue weighted by molar-refractivity contribution is 7.99. The van der Waals surface area contributed by atoms with E-state index in [1.807, 2.05) is 29.2 Å². The van der Waals surface area contributed by atoms with E-state index in [4.69, 9.17) is 4.74 Å². The van der Waals surface area contributed by atoms with Gasteiger partial charge in [-0.3, -0.25) is 9.78 Å². The number of hydrogen-bond donors (Lipinski definition) is 0. The van der Waals surface area contributed by atoms with Crippen LogP contribution in [-0.4, -0.2) is 67.7 Å². The third-order valence-corrected chi connectivity index (χ3v) is 4.79. The smallest absolute Gasteiger partial charge is 0.233 e. The molecule has 0 unspecified atom stereocenters. The number of thioether (sulfide) groups is 1. The first-order valence-electron chi connectivity index (χ1n) is 7.92. The van der Waals surface area contributed by atoms with Crippen molar-refractivity contribution in [3.63, 3.8) is 0 Å². The molecule has 8 nitrogen and oxygen atoms in total. The maximum atomic E-state index is 12.3. The zero-order valence-corrected chi connectivity index (χ0v) is 14.2. The first kappa shape index (κ1) is 16.0. The van der Waals surface area contributed by atoms with Gasteiger partial charge < -0.3 is 9.64 Å². The lowest BCUT2D eigenvalue weighted by Gasteiger charge is -2.26. The summed E-state index contributed by atoms with van der Waals surface area (Å²) < 4.78 is 6.96. The number of aromatic nitrogens is 5. The highest BCUT2D eigenvalue weighted by atomic mass is 32.2. The minimum absolute atomic E-state index is 0.105. The second-order valence-electron chi connectivity index (χ2n) is 5.48. The molecule has 1 aliphatic heterocycles. The van der Waals surface area contributed by atoms with E-state index >= 15 is 0 Å². The quantitative estimate of drug-likeness (QED) is 0.648. The van der Waals surface area contributed by atoms with Crippen LogP contribution in [0.5, 0.6) is 0 Å². The summed E-state index contributed by atoms with van der Waals surface area (Å²) in [5, 5.41) is 13.7. The van der Waals surface area contributed by atoms with Crippen LogP contribution >= 0.6 is 11.8 Å². The van der Waals surface area contributed by atoms with Gasteiger partial charge in [0.2, 0.25) is 5.91 Å². The molecule has 0 bridgehead atoms. The number of rotatable bonds is 4. The van der Waals surface area contributed by atoms with Crippen LogP contribution in [0.2, 0.25) is 0 Å². The number of ether oxygens (including phenoxy) is 1. The Morgan fingerprint density at radius 1 is 1.12 bits per heavy atom. The van der Waals surface area contributed by atoms with Crippen LogP contribution in [0.1, 0.15) is 0 Å². The predicted molar refractivity (Wildman–Crippen MR) is 92.1 cm³/mol. The van der Waals surface area contributed by atoms with E-state index in [-0.39, 0.29) is 5.91 Å². The molecule has 4 rings (SSSR count). The number of carbonyl (C=O) groups excluding carboxylic acids is 1. The van der Waals surface area contributed by atoms with Gasteiger partial charge >= 0.3 is 0 Å². The molecule has 25 heavy (non-hydrogen) atoms. The van der Waals surface area contributed by atoms with E-state index in [1.165, 1.54) is 11.8 Å². The fourth-order valence-electron chi connectivity index (χ4n) is 2.57. The number of nitrogens with zero attached hydrogens (tertiary/aromatic N) is 6. The van der Waals surface area contributed by atoms with E-state index in [9.17, 15) is 4.79 Å². The fraction of sp³-hybridized carbons (Fsp3) is 0.312. The Labute approximate surface area is 148 Å². The largest absolute Gasteiger partial charge is 0.378 e. The number of fused-ring (bicyclic) bond motifs is 1. The van der Waals surface area contributed by atoms with Crippen LogP contribution in [0.4, 0.5) is 0 Å². The van der Waals surface area contributed by atoms with E-state index in [1.54, 1.807) is 16.9 Å². The van der Waals surface area contributed by atoms with Crippen molar-refractivity contribution >= 4 is 23.3 Å². The van der Waals surface area contributed by atoms with Crippen molar-refractivity contribution in [2.75, 3.05) is 32.1 Å². The Kier molecular flexibility index (Phi) is 4.57. The molecule has 0 saturated carbocycles. The lowest BCUT2D eigenvalue weighted by molar-refractivity contribution is -0.132. The summed E-state index contributed by atoms with van der Waals surface area (Å²) in [5.74, 6) is 1.11. The van der Waals surface area contributed by atoms with E-state index < -0.39 is 0 Å². The van der Waals surface area contributed by atoms with Crippen molar-refractivity contribution in [2.45, 2.75) is 5.03 Å². The molecule has 1 saturated heterocycles. The van der Waals surface area contributed by atoms with Crippen molar-refractivity contribution in [2.24, 2.45) is 0 Å². The Morgan fingerprint density at radius 3 is 2.72 bits per heavy atom. The van der Waals surface area contributed by atoms with Crippen LogP contribution in [0.25, 0.3) is 17.0 Å². The van der Waals surface area contributed by atoms with Gasteiger partial charge in [0.25, 0.3) is 0 Å². The number of morpholine rings is 1. The second kappa shape index (κ2) is 7.16. The molecule has 0 aliphatic carbocycles. The van der Waals surface area contributed by atoms with Crippen molar-refractivity contribution in [3.8, 4) is 11.4 Å². The minimum Gasteiger partial charge on any atom is -0.378 e. The van der Waals surface area contributed by atoms with Crippen LogP contribution in [0.3, 0.4) is 0 Å². The van der Waals surface area contributed by atoms with Crippen molar-refractivity contribution in [1.29, 1.82) is 0 Å². The van der Waals surface area contributed by atoms with Crippen LogP contribution in [0.15, 0.2) is 41.7 Å². The molecule has 128 valence electrons. The average molecular weight is 356 g/mol. The molecule has 0 aromatic carbocycles. The van der Waals surface area contributed by atoms with Crippen LogP contribution in [0, 0.1) is 0 Å². The first-order chi connectivity index (χ1) is 12.3. The van der Waals surface area contributed by atoms with E-state index in [0.29, 0.717) is 43.5 Å². The van der Waals surface area contributed by atoms with Crippen LogP contribution in [-0.2, 0) is 9.53 Å². The molecular formula is C16H16N6O2S. The summed E-state index contributed by atoms with van der Waals surface area (Å²) in [6, 6.07) is 7.43. The monoisotopic (exact) mass is 356 g/mol. The number of carbonyl (C=O) groups is 1. The summed E-state index contributed by atoms with van der Waals surface area (Å²) in [7, 11) is 0. The molecule has 4 heterocycles. The van der Waals surface area contributed by atoms with Crippen molar-refractivity contribution < 1.29 is 9.53 Å². The summed E-state index contributed by atoms with van der Waals surface area (Å²) in [6.45, 7) is 2.53. The zero-order valence-electron chi connectivity index (χ0n) is 13.4. The van der Waals surface area contributed by atoms with E-state index in [0.717, 1.165) is 10.6 Å². The van der Waals surface area contributed by atoms with Gasteiger partial charge in [-0.2, -0.15) is 9.61 Å². The molecule has 0 spiro atoms. The Morgan fingerprint density at radius 2 is 1.92 bits per heavy atom. The van der Waals surface area contributed by atoms with Gasteiger partial charge in [-0.05, 0) is 24.3 Å². The molecule has 0 radical (unpaired) electrons. The second-order valence-corrected chi connectivity index (χ2v) is 6.48. The molecule has 0 atom stereocenters. The summed E-state index contributed by atoms with van der Waals surface area (Å²) in [6.07, 6.45) is 3.41. The third-order valence-electron chi connectivity index (χ3n) is 3.88. The lowest BCUT2D eigenvalue weighted by Crippen LogP contribution is -2.41. The third kappa shape index (κ3) is 3.47. The van der Waals surface area contributed by atoms with Gasteiger partial charge in [0.05, 0.1) is 19.0 Å². The molecule has 0 N–H and O–H groups in total. The standard InChI is InChI=1S/C16H16N6O2S/c23-15(21-7-9-24-10-8-21)11-25-14-2-1-13-18-19-16(22(13)20-14)12-3-5-17-6-4-12/h1-6H,7-11H2. The van der Waals surface area contributed by atoms with Gasteiger partial charge in [0, 0.05) is 31.0 Å².